The second kappa shape index (κ2) is 4.76. The van der Waals surface area contributed by atoms with Gasteiger partial charge >= 0.3 is 0 Å². The molecule has 0 bridgehead atoms. The van der Waals surface area contributed by atoms with E-state index < -0.39 is 0 Å². The van der Waals surface area contributed by atoms with Crippen LogP contribution in [0.1, 0.15) is 11.8 Å². The van der Waals surface area contributed by atoms with Crippen molar-refractivity contribution in [1.82, 2.24) is 15.2 Å². The summed E-state index contributed by atoms with van der Waals surface area (Å²) in [7, 11) is 0. The van der Waals surface area contributed by atoms with Crippen molar-refractivity contribution >= 4 is 27.7 Å². The average molecular weight is 286 g/mol. The van der Waals surface area contributed by atoms with E-state index in [9.17, 15) is 0 Å². The molecule has 0 N–H and O–H groups in total. The van der Waals surface area contributed by atoms with Crippen LogP contribution in [0.15, 0.2) is 32.2 Å². The van der Waals surface area contributed by atoms with Crippen LogP contribution in [0.25, 0.3) is 0 Å². The molecule has 78 valence electrons. The van der Waals surface area contributed by atoms with Gasteiger partial charge in [0.15, 0.2) is 0 Å². The van der Waals surface area contributed by atoms with Crippen LogP contribution in [0.4, 0.5) is 0 Å². The molecule has 0 atom stereocenters. The zero-order valence-corrected chi connectivity index (χ0v) is 10.4. The fourth-order valence-corrected chi connectivity index (χ4v) is 2.32. The van der Waals surface area contributed by atoms with Crippen molar-refractivity contribution in [2.75, 3.05) is 0 Å². The van der Waals surface area contributed by atoms with Crippen molar-refractivity contribution in [3.8, 4) is 0 Å². The van der Waals surface area contributed by atoms with E-state index in [1.807, 2.05) is 12.1 Å². The molecule has 6 heteroatoms. The van der Waals surface area contributed by atoms with Crippen LogP contribution in [0.5, 0.6) is 0 Å². The molecule has 15 heavy (non-hydrogen) atoms. The van der Waals surface area contributed by atoms with Gasteiger partial charge in [-0.25, -0.2) is 4.98 Å². The molecule has 0 saturated heterocycles. The van der Waals surface area contributed by atoms with Crippen LogP contribution in [-0.2, 0) is 5.75 Å². The van der Waals surface area contributed by atoms with Crippen LogP contribution in [-0.4, -0.2) is 15.2 Å². The first-order valence-electron chi connectivity index (χ1n) is 4.28. The van der Waals surface area contributed by atoms with Gasteiger partial charge in [-0.3, -0.25) is 0 Å². The minimum absolute atomic E-state index is 0.589. The van der Waals surface area contributed by atoms with Crippen molar-refractivity contribution in [3.63, 3.8) is 0 Å². The van der Waals surface area contributed by atoms with Gasteiger partial charge in [-0.1, -0.05) is 11.8 Å². The molecule has 2 heterocycles. The van der Waals surface area contributed by atoms with E-state index in [4.69, 9.17) is 4.42 Å². The third-order valence-electron chi connectivity index (χ3n) is 1.62. The van der Waals surface area contributed by atoms with E-state index in [0.29, 0.717) is 17.5 Å². The van der Waals surface area contributed by atoms with Gasteiger partial charge in [0.2, 0.25) is 11.8 Å². The van der Waals surface area contributed by atoms with Crippen molar-refractivity contribution in [2.45, 2.75) is 17.7 Å². The standard InChI is InChI=1S/C9H8BrN3OS/c1-6-12-13-8(14-6)5-15-9-7(10)3-2-4-11-9/h2-4H,5H2,1H3. The number of aryl methyl sites for hydroxylation is 1. The highest BCUT2D eigenvalue weighted by molar-refractivity contribution is 9.10. The average Bonchev–Trinajstić information content (AvgIpc) is 2.63. The molecule has 4 nitrogen and oxygen atoms in total. The summed E-state index contributed by atoms with van der Waals surface area (Å²) in [6.45, 7) is 1.78. The zero-order valence-electron chi connectivity index (χ0n) is 7.98. The lowest BCUT2D eigenvalue weighted by Gasteiger charge is -1.99. The Hall–Kier alpha value is -0.880. The van der Waals surface area contributed by atoms with E-state index in [0.717, 1.165) is 9.50 Å². The van der Waals surface area contributed by atoms with Crippen LogP contribution >= 0.6 is 27.7 Å². The van der Waals surface area contributed by atoms with E-state index in [1.165, 1.54) is 0 Å². The Balaban J connectivity index is 2.02. The number of rotatable bonds is 3. The fourth-order valence-electron chi connectivity index (χ4n) is 1.00. The molecule has 0 spiro atoms. The number of nitrogens with zero attached hydrogens (tertiary/aromatic N) is 3. The summed E-state index contributed by atoms with van der Waals surface area (Å²) in [6, 6.07) is 3.83. The second-order valence-electron chi connectivity index (χ2n) is 2.79. The maximum atomic E-state index is 5.26. The lowest BCUT2D eigenvalue weighted by atomic mass is 10.5. The summed E-state index contributed by atoms with van der Waals surface area (Å²) in [5.41, 5.74) is 0. The van der Waals surface area contributed by atoms with Crippen molar-refractivity contribution in [2.24, 2.45) is 0 Å². The summed E-state index contributed by atoms with van der Waals surface area (Å²) in [5.74, 6) is 1.84. The van der Waals surface area contributed by atoms with Crippen LogP contribution in [0.2, 0.25) is 0 Å². The third-order valence-corrected chi connectivity index (χ3v) is 3.52. The highest BCUT2D eigenvalue weighted by atomic mass is 79.9. The van der Waals surface area contributed by atoms with Crippen molar-refractivity contribution in [3.05, 3.63) is 34.6 Å². The minimum Gasteiger partial charge on any atom is -0.425 e. The molecule has 0 aliphatic carbocycles. The number of halogens is 1. The predicted molar refractivity (Wildman–Crippen MR) is 60.5 cm³/mol. The Morgan fingerprint density at radius 2 is 2.33 bits per heavy atom. The van der Waals surface area contributed by atoms with E-state index in [1.54, 1.807) is 24.9 Å². The maximum absolute atomic E-state index is 5.26. The monoisotopic (exact) mass is 285 g/mol. The maximum Gasteiger partial charge on any atom is 0.226 e. The largest absolute Gasteiger partial charge is 0.425 e. The van der Waals surface area contributed by atoms with Crippen LogP contribution < -0.4 is 0 Å². The Morgan fingerprint density at radius 1 is 1.47 bits per heavy atom. The lowest BCUT2D eigenvalue weighted by Crippen LogP contribution is -1.84. The van der Waals surface area contributed by atoms with Gasteiger partial charge in [-0.05, 0) is 28.1 Å². The molecule has 0 aliphatic heterocycles. The first-order valence-corrected chi connectivity index (χ1v) is 6.06. The van der Waals surface area contributed by atoms with Crippen molar-refractivity contribution in [1.29, 1.82) is 0 Å². The number of hydrogen-bond donors (Lipinski definition) is 0. The molecular formula is C9H8BrN3OS. The lowest BCUT2D eigenvalue weighted by molar-refractivity contribution is 0.485. The minimum atomic E-state index is 0.589. The normalized spacial score (nSPS) is 10.5. The summed E-state index contributed by atoms with van der Waals surface area (Å²) in [6.07, 6.45) is 1.76. The Bertz CT molecular complexity index is 460. The number of aromatic nitrogens is 3. The Kier molecular flexibility index (Phi) is 3.37. The summed E-state index contributed by atoms with van der Waals surface area (Å²) >= 11 is 4.98. The van der Waals surface area contributed by atoms with Gasteiger partial charge in [0.1, 0.15) is 5.03 Å². The van der Waals surface area contributed by atoms with Crippen LogP contribution in [0, 0.1) is 6.92 Å². The van der Waals surface area contributed by atoms with E-state index in [-0.39, 0.29) is 0 Å². The van der Waals surface area contributed by atoms with Gasteiger partial charge in [0.25, 0.3) is 0 Å². The SMILES string of the molecule is Cc1nnc(CSc2ncccc2Br)o1. The van der Waals surface area contributed by atoms with Gasteiger partial charge < -0.3 is 4.42 Å². The molecule has 0 saturated carbocycles. The van der Waals surface area contributed by atoms with E-state index >= 15 is 0 Å². The summed E-state index contributed by atoms with van der Waals surface area (Å²) in [4.78, 5) is 4.23. The quantitative estimate of drug-likeness (QED) is 0.812. The van der Waals surface area contributed by atoms with Gasteiger partial charge in [-0.2, -0.15) is 0 Å². The van der Waals surface area contributed by atoms with Crippen molar-refractivity contribution < 1.29 is 4.42 Å². The van der Waals surface area contributed by atoms with E-state index in [2.05, 4.69) is 31.1 Å². The zero-order chi connectivity index (χ0) is 10.7. The Morgan fingerprint density at radius 3 is 3.00 bits per heavy atom. The molecular weight excluding hydrogens is 278 g/mol. The first-order chi connectivity index (χ1) is 7.25. The molecule has 0 amide bonds. The summed E-state index contributed by atoms with van der Waals surface area (Å²) < 4.78 is 6.24. The Labute approximate surface area is 99.6 Å². The van der Waals surface area contributed by atoms with Gasteiger partial charge in [0.05, 0.1) is 5.75 Å². The summed E-state index contributed by atoms with van der Waals surface area (Å²) in [5, 5.41) is 8.59. The molecule has 0 aliphatic rings. The topological polar surface area (TPSA) is 51.8 Å². The molecule has 0 radical (unpaired) electrons. The van der Waals surface area contributed by atoms with Gasteiger partial charge in [-0.15, -0.1) is 10.2 Å². The molecule has 2 aromatic rings. The van der Waals surface area contributed by atoms with Gasteiger partial charge in [0, 0.05) is 17.6 Å². The molecule has 0 fully saturated rings. The molecule has 0 unspecified atom stereocenters. The second-order valence-corrected chi connectivity index (χ2v) is 4.61. The number of thioether (sulfide) groups is 1. The third kappa shape index (κ3) is 2.79. The van der Waals surface area contributed by atoms with Crippen LogP contribution in [0.3, 0.4) is 0 Å². The smallest absolute Gasteiger partial charge is 0.226 e. The molecule has 2 aromatic heterocycles. The fraction of sp³-hybridized carbons (Fsp3) is 0.222. The molecule has 0 aromatic carbocycles. The molecule has 2 rings (SSSR count). The highest BCUT2D eigenvalue weighted by Gasteiger charge is 2.06. The predicted octanol–water partition coefficient (Wildman–Crippen LogP) is 2.83. The highest BCUT2D eigenvalue weighted by Crippen LogP contribution is 2.26. The number of hydrogen-bond acceptors (Lipinski definition) is 5. The number of pyridine rings is 1. The first kappa shape index (κ1) is 10.6.